The first kappa shape index (κ1) is 14.7. The van der Waals surface area contributed by atoms with Gasteiger partial charge in [0.25, 0.3) is 5.91 Å². The van der Waals surface area contributed by atoms with Crippen molar-refractivity contribution in [1.29, 1.82) is 0 Å². The lowest BCUT2D eigenvalue weighted by Crippen LogP contribution is -2.27. The minimum Gasteiger partial charge on any atom is -0.368 e. The van der Waals surface area contributed by atoms with E-state index in [4.69, 9.17) is 16.3 Å². The van der Waals surface area contributed by atoms with Gasteiger partial charge in [0.05, 0.1) is 0 Å². The Hall–Kier alpha value is -2.18. The van der Waals surface area contributed by atoms with Crippen molar-refractivity contribution in [2.75, 3.05) is 17.2 Å². The second kappa shape index (κ2) is 6.72. The van der Waals surface area contributed by atoms with Gasteiger partial charge in [-0.05, 0) is 43.2 Å². The van der Waals surface area contributed by atoms with Crippen LogP contribution < -0.4 is 10.6 Å². The lowest BCUT2D eigenvalue weighted by atomic mass is 10.2. The third-order valence-corrected chi connectivity index (χ3v) is 3.47. The normalized spacial score (nSPS) is 17.2. The molecule has 2 aromatic rings. The van der Waals surface area contributed by atoms with Crippen molar-refractivity contribution in [2.24, 2.45) is 0 Å². The molecule has 0 aliphatic carbocycles. The average Bonchev–Trinajstić information content (AvgIpc) is 3.04. The van der Waals surface area contributed by atoms with Crippen molar-refractivity contribution in [3.63, 3.8) is 0 Å². The predicted octanol–water partition coefficient (Wildman–Crippen LogP) is 2.99. The summed E-state index contributed by atoms with van der Waals surface area (Å²) < 4.78 is 5.32. The van der Waals surface area contributed by atoms with Gasteiger partial charge in [0.2, 0.25) is 0 Å². The van der Waals surface area contributed by atoms with E-state index in [-0.39, 0.29) is 12.0 Å². The quantitative estimate of drug-likeness (QED) is 0.906. The van der Waals surface area contributed by atoms with Gasteiger partial charge >= 0.3 is 0 Å². The minimum absolute atomic E-state index is 0.178. The smallest absolute Gasteiger partial charge is 0.254 e. The highest BCUT2D eigenvalue weighted by Gasteiger charge is 2.23. The Balaban J connectivity index is 1.61. The van der Waals surface area contributed by atoms with E-state index in [2.05, 4.69) is 20.8 Å². The number of hydrogen-bond acceptors (Lipinski definition) is 5. The van der Waals surface area contributed by atoms with Crippen molar-refractivity contribution in [2.45, 2.75) is 18.9 Å². The van der Waals surface area contributed by atoms with Gasteiger partial charge in [0.1, 0.15) is 6.10 Å². The zero-order valence-corrected chi connectivity index (χ0v) is 12.5. The van der Waals surface area contributed by atoms with E-state index in [1.165, 1.54) is 0 Å². The van der Waals surface area contributed by atoms with Crippen LogP contribution in [0.15, 0.2) is 36.4 Å². The second-order valence-electron chi connectivity index (χ2n) is 4.93. The molecule has 1 aliphatic rings. The van der Waals surface area contributed by atoms with Crippen LogP contribution >= 0.6 is 11.6 Å². The number of aromatic nitrogens is 2. The molecule has 0 spiro atoms. The second-order valence-corrected chi connectivity index (χ2v) is 5.37. The summed E-state index contributed by atoms with van der Waals surface area (Å²) in [6.45, 7) is 0.631. The molecular weight excluding hydrogens is 304 g/mol. The maximum atomic E-state index is 11.9. The Kier molecular flexibility index (Phi) is 4.50. The van der Waals surface area contributed by atoms with Gasteiger partial charge in [-0.15, -0.1) is 10.2 Å². The van der Waals surface area contributed by atoms with Crippen LogP contribution in [0.2, 0.25) is 5.02 Å². The predicted molar refractivity (Wildman–Crippen MR) is 84.4 cm³/mol. The largest absolute Gasteiger partial charge is 0.368 e. The fourth-order valence-corrected chi connectivity index (χ4v) is 2.36. The van der Waals surface area contributed by atoms with Crippen molar-refractivity contribution in [1.82, 2.24) is 10.2 Å². The number of anilines is 3. The summed E-state index contributed by atoms with van der Waals surface area (Å²) in [6.07, 6.45) is 1.27. The molecule has 1 aliphatic heterocycles. The third-order valence-electron chi connectivity index (χ3n) is 3.23. The van der Waals surface area contributed by atoms with E-state index in [0.29, 0.717) is 23.3 Å². The van der Waals surface area contributed by atoms with Crippen LogP contribution in [0, 0.1) is 0 Å². The van der Waals surface area contributed by atoms with Gasteiger partial charge < -0.3 is 15.4 Å². The lowest BCUT2D eigenvalue weighted by Gasteiger charge is -2.10. The summed E-state index contributed by atoms with van der Waals surface area (Å²) in [7, 11) is 0. The van der Waals surface area contributed by atoms with Crippen LogP contribution in [-0.4, -0.2) is 28.8 Å². The molecule has 22 heavy (non-hydrogen) atoms. The minimum atomic E-state index is -0.383. The zero-order valence-electron chi connectivity index (χ0n) is 11.8. The van der Waals surface area contributed by atoms with E-state index >= 15 is 0 Å². The van der Waals surface area contributed by atoms with Gasteiger partial charge in [-0.2, -0.15) is 0 Å². The Morgan fingerprint density at radius 3 is 2.73 bits per heavy atom. The molecule has 7 heteroatoms. The SMILES string of the molecule is O=C(Nc1ccc(Nc2cccc(Cl)c2)nn1)C1CCCO1. The van der Waals surface area contributed by atoms with E-state index in [1.54, 1.807) is 24.3 Å². The molecular formula is C15H15ClN4O2. The van der Waals surface area contributed by atoms with E-state index in [9.17, 15) is 4.79 Å². The van der Waals surface area contributed by atoms with Crippen LogP contribution in [0.3, 0.4) is 0 Å². The molecule has 114 valence electrons. The first-order chi connectivity index (χ1) is 10.7. The maximum Gasteiger partial charge on any atom is 0.254 e. The fourth-order valence-electron chi connectivity index (χ4n) is 2.17. The highest BCUT2D eigenvalue weighted by Crippen LogP contribution is 2.19. The van der Waals surface area contributed by atoms with Crippen LogP contribution in [-0.2, 0) is 9.53 Å². The average molecular weight is 319 g/mol. The van der Waals surface area contributed by atoms with Crippen LogP contribution in [0.4, 0.5) is 17.3 Å². The molecule has 6 nitrogen and oxygen atoms in total. The maximum absolute atomic E-state index is 11.9. The molecule has 1 saturated heterocycles. The number of halogens is 1. The summed E-state index contributed by atoms with van der Waals surface area (Å²) in [5.41, 5.74) is 0.818. The highest BCUT2D eigenvalue weighted by atomic mass is 35.5. The molecule has 0 radical (unpaired) electrons. The number of benzene rings is 1. The molecule has 0 saturated carbocycles. The fraction of sp³-hybridized carbons (Fsp3) is 0.267. The summed E-state index contributed by atoms with van der Waals surface area (Å²) in [6, 6.07) is 10.7. The molecule has 1 aromatic heterocycles. The summed E-state index contributed by atoms with van der Waals surface area (Å²) in [5, 5.41) is 14.4. The van der Waals surface area contributed by atoms with Crippen LogP contribution in [0.25, 0.3) is 0 Å². The van der Waals surface area contributed by atoms with Crippen LogP contribution in [0.1, 0.15) is 12.8 Å². The van der Waals surface area contributed by atoms with Gasteiger partial charge in [-0.1, -0.05) is 17.7 Å². The Morgan fingerprint density at radius 2 is 2.05 bits per heavy atom. The monoisotopic (exact) mass is 318 g/mol. The third kappa shape index (κ3) is 3.72. The Morgan fingerprint density at radius 1 is 1.23 bits per heavy atom. The standard InChI is InChI=1S/C15H15ClN4O2/c16-10-3-1-4-11(9-10)17-13-6-7-14(20-19-13)18-15(21)12-5-2-8-22-12/h1,3-4,6-7,9,12H,2,5,8H2,(H,17,19)(H,18,20,21). The summed E-state index contributed by atoms with van der Waals surface area (Å²) >= 11 is 5.92. The molecule has 1 fully saturated rings. The number of carbonyl (C=O) groups is 1. The number of hydrogen-bond donors (Lipinski definition) is 2. The molecule has 1 atom stereocenters. The van der Waals surface area contributed by atoms with Crippen molar-refractivity contribution < 1.29 is 9.53 Å². The number of nitrogens with one attached hydrogen (secondary N) is 2. The van der Waals surface area contributed by atoms with E-state index in [0.717, 1.165) is 18.5 Å². The van der Waals surface area contributed by atoms with Crippen molar-refractivity contribution in [3.8, 4) is 0 Å². The summed E-state index contributed by atoms with van der Waals surface area (Å²) in [4.78, 5) is 11.9. The van der Waals surface area contributed by atoms with Gasteiger partial charge in [-0.3, -0.25) is 4.79 Å². The number of rotatable bonds is 4. The summed E-state index contributed by atoms with van der Waals surface area (Å²) in [5.74, 6) is 0.789. The topological polar surface area (TPSA) is 76.1 Å². The van der Waals surface area contributed by atoms with E-state index < -0.39 is 0 Å². The number of ether oxygens (including phenoxy) is 1. The molecule has 1 aromatic carbocycles. The molecule has 1 unspecified atom stereocenters. The number of amides is 1. The van der Waals surface area contributed by atoms with Gasteiger partial charge in [0, 0.05) is 17.3 Å². The van der Waals surface area contributed by atoms with E-state index in [1.807, 2.05) is 12.1 Å². The first-order valence-corrected chi connectivity index (χ1v) is 7.37. The van der Waals surface area contributed by atoms with Crippen LogP contribution in [0.5, 0.6) is 0 Å². The zero-order chi connectivity index (χ0) is 15.4. The number of nitrogens with zero attached hydrogens (tertiary/aromatic N) is 2. The van der Waals surface area contributed by atoms with Crippen molar-refractivity contribution in [3.05, 3.63) is 41.4 Å². The van der Waals surface area contributed by atoms with Crippen molar-refractivity contribution >= 4 is 34.8 Å². The first-order valence-electron chi connectivity index (χ1n) is 6.99. The number of carbonyl (C=O) groups excluding carboxylic acids is 1. The molecule has 1 amide bonds. The molecule has 3 rings (SSSR count). The highest BCUT2D eigenvalue weighted by molar-refractivity contribution is 6.30. The Labute approximate surface area is 132 Å². The molecule has 0 bridgehead atoms. The molecule has 2 N–H and O–H groups in total. The lowest BCUT2D eigenvalue weighted by molar-refractivity contribution is -0.124. The molecule has 2 heterocycles. The van der Waals surface area contributed by atoms with Gasteiger partial charge in [0.15, 0.2) is 11.6 Å². The van der Waals surface area contributed by atoms with Gasteiger partial charge in [-0.25, -0.2) is 0 Å². The Bertz CT molecular complexity index is 657.